The van der Waals surface area contributed by atoms with Crippen molar-refractivity contribution in [3.63, 3.8) is 0 Å². The van der Waals surface area contributed by atoms with Crippen molar-refractivity contribution in [2.24, 2.45) is 5.41 Å². The van der Waals surface area contributed by atoms with Crippen molar-refractivity contribution < 1.29 is 4.74 Å². The van der Waals surface area contributed by atoms with Gasteiger partial charge < -0.3 is 4.74 Å². The maximum Gasteiger partial charge on any atom is 0.118 e. The fraction of sp³-hybridized carbons (Fsp3) is 0.333. The first kappa shape index (κ1) is 16.1. The Morgan fingerprint density at radius 3 is 2.13 bits per heavy atom. The second-order valence-electron chi connectivity index (χ2n) is 7.62. The molecule has 0 saturated heterocycles. The predicted octanol–water partition coefficient (Wildman–Crippen LogP) is 4.90. The van der Waals surface area contributed by atoms with E-state index in [9.17, 15) is 0 Å². The number of hydrogen-bond acceptors (Lipinski definition) is 1. The molecule has 0 N–H and O–H groups in total. The second kappa shape index (κ2) is 5.68. The van der Waals surface area contributed by atoms with Crippen molar-refractivity contribution in [3.8, 4) is 5.75 Å². The highest BCUT2D eigenvalue weighted by molar-refractivity contribution is 6.94. The Labute approximate surface area is 141 Å². The van der Waals surface area contributed by atoms with E-state index in [1.54, 1.807) is 12.7 Å². The molecule has 0 heterocycles. The summed E-state index contributed by atoms with van der Waals surface area (Å²) in [4.78, 5) is 0. The zero-order valence-corrected chi connectivity index (χ0v) is 15.8. The number of rotatable bonds is 4. The number of methoxy groups -OCH3 is 1. The van der Waals surface area contributed by atoms with Crippen LogP contribution in [0.15, 0.2) is 65.9 Å². The van der Waals surface area contributed by atoms with E-state index >= 15 is 0 Å². The first-order valence-corrected chi connectivity index (χ1v) is 11.4. The summed E-state index contributed by atoms with van der Waals surface area (Å²) in [6.07, 6.45) is 0. The molecule has 2 aromatic carbocycles. The average molecular weight is 323 g/mol. The van der Waals surface area contributed by atoms with Gasteiger partial charge in [-0.05, 0) is 23.1 Å². The molecule has 0 amide bonds. The molecular weight excluding hydrogens is 296 g/mol. The van der Waals surface area contributed by atoms with Crippen LogP contribution in [0.1, 0.15) is 25.3 Å². The van der Waals surface area contributed by atoms with Gasteiger partial charge in [0.1, 0.15) is 13.8 Å². The Balaban J connectivity index is 1.90. The highest BCUT2D eigenvalue weighted by Gasteiger charge is 2.53. The molecule has 2 aromatic rings. The fourth-order valence-corrected chi connectivity index (χ4v) is 6.12. The van der Waals surface area contributed by atoms with Gasteiger partial charge in [-0.25, -0.2) is 0 Å². The Morgan fingerprint density at radius 1 is 0.957 bits per heavy atom. The monoisotopic (exact) mass is 322 g/mol. The second-order valence-corrected chi connectivity index (χ2v) is 11.9. The van der Waals surface area contributed by atoms with Gasteiger partial charge in [-0.1, -0.05) is 85.9 Å². The Hall–Kier alpha value is -1.80. The molecule has 3 rings (SSSR count). The van der Waals surface area contributed by atoms with Crippen molar-refractivity contribution in [2.45, 2.75) is 32.9 Å². The molecular formula is C21H26OSi. The summed E-state index contributed by atoms with van der Waals surface area (Å²) in [6.45, 7) is 9.61. The quantitative estimate of drug-likeness (QED) is 0.728. The smallest absolute Gasteiger partial charge is 0.118 e. The molecule has 0 aliphatic heterocycles. The lowest BCUT2D eigenvalue weighted by atomic mass is 10.0. The highest BCUT2D eigenvalue weighted by atomic mass is 28.3. The third-order valence-electron chi connectivity index (χ3n) is 5.18. The van der Waals surface area contributed by atoms with Crippen LogP contribution in [0, 0.1) is 5.41 Å². The van der Waals surface area contributed by atoms with Gasteiger partial charge in [-0.15, -0.1) is 0 Å². The zero-order valence-electron chi connectivity index (χ0n) is 14.8. The maximum atomic E-state index is 5.28. The Bertz CT molecular complexity index is 711. The van der Waals surface area contributed by atoms with Gasteiger partial charge in [0.2, 0.25) is 0 Å². The van der Waals surface area contributed by atoms with Gasteiger partial charge in [0.25, 0.3) is 0 Å². The fourth-order valence-electron chi connectivity index (χ4n) is 3.58. The number of allylic oxidation sites excluding steroid dienone is 1. The number of benzene rings is 2. The van der Waals surface area contributed by atoms with Crippen LogP contribution in [0.25, 0.3) is 0 Å². The SMILES string of the molecule is COc1ccc(C2/C(=C/[Si](C)(C)c3ccccc3)C2(C)C)cc1. The molecule has 1 unspecified atom stereocenters. The molecule has 1 nitrogen and oxygen atoms in total. The van der Waals surface area contributed by atoms with E-state index in [1.165, 1.54) is 10.8 Å². The molecule has 1 aliphatic rings. The minimum absolute atomic E-state index is 0.271. The molecule has 120 valence electrons. The van der Waals surface area contributed by atoms with Gasteiger partial charge in [-0.3, -0.25) is 0 Å². The van der Waals surface area contributed by atoms with Gasteiger partial charge in [-0.2, -0.15) is 0 Å². The van der Waals surface area contributed by atoms with E-state index in [2.05, 4.69) is 87.2 Å². The van der Waals surface area contributed by atoms with Gasteiger partial charge in [0.05, 0.1) is 7.11 Å². The normalized spacial score (nSPS) is 21.3. The molecule has 1 aliphatic carbocycles. The van der Waals surface area contributed by atoms with Crippen LogP contribution < -0.4 is 9.92 Å². The molecule has 0 aromatic heterocycles. The summed E-state index contributed by atoms with van der Waals surface area (Å²) in [5, 5.41) is 1.50. The Morgan fingerprint density at radius 2 is 1.57 bits per heavy atom. The lowest BCUT2D eigenvalue weighted by molar-refractivity contribution is 0.414. The van der Waals surface area contributed by atoms with E-state index in [4.69, 9.17) is 4.74 Å². The third-order valence-corrected chi connectivity index (χ3v) is 8.03. The minimum atomic E-state index is -1.55. The summed E-state index contributed by atoms with van der Waals surface area (Å²) in [5.41, 5.74) is 5.88. The molecule has 2 heteroatoms. The molecule has 23 heavy (non-hydrogen) atoms. The van der Waals surface area contributed by atoms with Crippen LogP contribution >= 0.6 is 0 Å². The minimum Gasteiger partial charge on any atom is -0.497 e. The van der Waals surface area contributed by atoms with Crippen LogP contribution in [-0.4, -0.2) is 15.2 Å². The van der Waals surface area contributed by atoms with E-state index in [1.807, 2.05) is 0 Å². The molecule has 0 spiro atoms. The lowest BCUT2D eigenvalue weighted by Crippen LogP contribution is -2.39. The molecule has 1 atom stereocenters. The third kappa shape index (κ3) is 3.00. The summed E-state index contributed by atoms with van der Waals surface area (Å²) < 4.78 is 5.28. The van der Waals surface area contributed by atoms with Crippen LogP contribution in [0.4, 0.5) is 0 Å². The first-order valence-electron chi connectivity index (χ1n) is 8.29. The predicted molar refractivity (Wildman–Crippen MR) is 101 cm³/mol. The number of hydrogen-bond donors (Lipinski definition) is 0. The van der Waals surface area contributed by atoms with E-state index < -0.39 is 8.07 Å². The topological polar surface area (TPSA) is 9.23 Å². The van der Waals surface area contributed by atoms with E-state index in [0.717, 1.165) is 5.75 Å². The average Bonchev–Trinajstić information content (AvgIpc) is 3.08. The van der Waals surface area contributed by atoms with Crippen LogP contribution in [0.5, 0.6) is 5.75 Å². The summed E-state index contributed by atoms with van der Waals surface area (Å²) in [5.74, 6) is 1.47. The van der Waals surface area contributed by atoms with Crippen molar-refractivity contribution in [1.29, 1.82) is 0 Å². The van der Waals surface area contributed by atoms with E-state index in [0.29, 0.717) is 5.92 Å². The Kier molecular flexibility index (Phi) is 3.97. The maximum absolute atomic E-state index is 5.28. The van der Waals surface area contributed by atoms with Crippen LogP contribution in [0.2, 0.25) is 13.1 Å². The van der Waals surface area contributed by atoms with Crippen molar-refractivity contribution in [1.82, 2.24) is 0 Å². The largest absolute Gasteiger partial charge is 0.497 e. The highest BCUT2D eigenvalue weighted by Crippen LogP contribution is 2.64. The van der Waals surface area contributed by atoms with Crippen molar-refractivity contribution >= 4 is 13.3 Å². The molecule has 1 fully saturated rings. The summed E-state index contributed by atoms with van der Waals surface area (Å²) in [6, 6.07) is 19.5. The van der Waals surface area contributed by atoms with Gasteiger partial charge >= 0.3 is 0 Å². The lowest BCUT2D eigenvalue weighted by Gasteiger charge is -2.18. The number of ether oxygens (including phenoxy) is 1. The van der Waals surface area contributed by atoms with Crippen LogP contribution in [0.3, 0.4) is 0 Å². The zero-order chi connectivity index (χ0) is 16.7. The first-order chi connectivity index (χ1) is 10.9. The van der Waals surface area contributed by atoms with Crippen LogP contribution in [-0.2, 0) is 0 Å². The van der Waals surface area contributed by atoms with Gasteiger partial charge in [0.15, 0.2) is 0 Å². The standard InChI is InChI=1S/C21H26OSi/c1-21(2)19(15-23(4,5)18-9-7-6-8-10-18)20(21)16-11-13-17(22-3)14-12-16/h6-15,20H,1-5H3/b19-15-. The summed E-state index contributed by atoms with van der Waals surface area (Å²) >= 11 is 0. The van der Waals surface area contributed by atoms with Crippen molar-refractivity contribution in [3.05, 3.63) is 71.4 Å². The van der Waals surface area contributed by atoms with Crippen molar-refractivity contribution in [2.75, 3.05) is 7.11 Å². The molecule has 1 saturated carbocycles. The molecule has 0 bridgehead atoms. The molecule has 0 radical (unpaired) electrons. The van der Waals surface area contributed by atoms with E-state index in [-0.39, 0.29) is 5.41 Å². The van der Waals surface area contributed by atoms with Gasteiger partial charge in [0, 0.05) is 5.92 Å². The summed E-state index contributed by atoms with van der Waals surface area (Å²) in [7, 11) is 0.170.